The molecule has 2 N–H and O–H groups in total. The van der Waals surface area contributed by atoms with Gasteiger partial charge in [-0.25, -0.2) is 4.79 Å². The molecule has 150 valence electrons. The lowest BCUT2D eigenvalue weighted by Gasteiger charge is -2.34. The Kier molecular flexibility index (Phi) is 6.65. The summed E-state index contributed by atoms with van der Waals surface area (Å²) in [6, 6.07) is 11.3. The highest BCUT2D eigenvalue weighted by Crippen LogP contribution is 2.25. The second kappa shape index (κ2) is 9.17. The number of halogens is 1. The van der Waals surface area contributed by atoms with Crippen LogP contribution in [0.2, 0.25) is 5.02 Å². The third-order valence-electron chi connectivity index (χ3n) is 4.88. The molecule has 0 unspecified atom stereocenters. The Hall–Kier alpha value is -2.44. The van der Waals surface area contributed by atoms with E-state index in [0.717, 1.165) is 48.0 Å². The first kappa shape index (κ1) is 20.3. The second-order valence-corrected chi connectivity index (χ2v) is 7.51. The van der Waals surface area contributed by atoms with Gasteiger partial charge in [0.2, 0.25) is 0 Å². The van der Waals surface area contributed by atoms with Gasteiger partial charge in [-0.15, -0.1) is 0 Å². The van der Waals surface area contributed by atoms with E-state index in [1.165, 1.54) is 5.69 Å². The number of hydrogen-bond acceptors (Lipinski definition) is 4. The fourth-order valence-corrected chi connectivity index (χ4v) is 3.28. The van der Waals surface area contributed by atoms with Gasteiger partial charge in [0.1, 0.15) is 5.75 Å². The van der Waals surface area contributed by atoms with Gasteiger partial charge in [-0.05, 0) is 68.4 Å². The van der Waals surface area contributed by atoms with Crippen LogP contribution in [0.5, 0.6) is 5.75 Å². The van der Waals surface area contributed by atoms with Crippen molar-refractivity contribution in [2.24, 2.45) is 0 Å². The number of carbonyl (C=O) groups is 1. The number of nitrogens with one attached hydrogen (secondary N) is 2. The molecule has 0 aliphatic carbocycles. The number of amides is 2. The summed E-state index contributed by atoms with van der Waals surface area (Å²) in [7, 11) is 2.14. The highest BCUT2D eigenvalue weighted by Gasteiger charge is 2.14. The molecule has 1 aliphatic rings. The van der Waals surface area contributed by atoms with Crippen LogP contribution in [0.4, 0.5) is 16.2 Å². The Bertz CT molecular complexity index is 795. The van der Waals surface area contributed by atoms with E-state index in [9.17, 15) is 4.79 Å². The summed E-state index contributed by atoms with van der Waals surface area (Å²) in [5.74, 6) is 0.677. The fraction of sp³-hybridized carbons (Fsp3) is 0.381. The normalized spacial score (nSPS) is 14.6. The van der Waals surface area contributed by atoms with Crippen molar-refractivity contribution >= 4 is 29.0 Å². The molecule has 6 nitrogen and oxygen atoms in total. The van der Waals surface area contributed by atoms with Crippen molar-refractivity contribution in [1.82, 2.24) is 10.2 Å². The van der Waals surface area contributed by atoms with Crippen molar-refractivity contribution in [3.05, 3.63) is 52.5 Å². The first-order chi connectivity index (χ1) is 13.4. The largest absolute Gasteiger partial charge is 0.473 e. The number of urea groups is 1. The average molecular weight is 403 g/mol. The Labute approximate surface area is 171 Å². The van der Waals surface area contributed by atoms with E-state index in [1.54, 1.807) is 0 Å². The molecule has 0 radical (unpaired) electrons. The van der Waals surface area contributed by atoms with Crippen LogP contribution in [0.15, 0.2) is 36.4 Å². The number of nitrogens with zero attached hydrogens (tertiary/aromatic N) is 2. The third-order valence-corrected chi connectivity index (χ3v) is 5.47. The number of anilines is 2. The monoisotopic (exact) mass is 402 g/mol. The summed E-state index contributed by atoms with van der Waals surface area (Å²) in [5.41, 5.74) is 3.81. The Morgan fingerprint density at radius 1 is 1.07 bits per heavy atom. The molecule has 0 atom stereocenters. The van der Waals surface area contributed by atoms with Gasteiger partial charge in [0.15, 0.2) is 6.73 Å². The van der Waals surface area contributed by atoms with Crippen LogP contribution in [0.1, 0.15) is 11.1 Å². The maximum atomic E-state index is 12.1. The summed E-state index contributed by atoms with van der Waals surface area (Å²) in [5, 5.41) is 6.25. The van der Waals surface area contributed by atoms with Gasteiger partial charge in [0.25, 0.3) is 0 Å². The highest BCUT2D eigenvalue weighted by molar-refractivity contribution is 6.32. The second-order valence-electron chi connectivity index (χ2n) is 7.13. The zero-order valence-corrected chi connectivity index (χ0v) is 17.3. The topological polar surface area (TPSA) is 56.8 Å². The van der Waals surface area contributed by atoms with E-state index in [0.29, 0.717) is 5.75 Å². The van der Waals surface area contributed by atoms with Crippen molar-refractivity contribution in [1.29, 1.82) is 0 Å². The molecular formula is C21H27ClN4O2. The predicted octanol–water partition coefficient (Wildman–Crippen LogP) is 3.87. The van der Waals surface area contributed by atoms with Gasteiger partial charge < -0.3 is 25.2 Å². The predicted molar refractivity (Wildman–Crippen MR) is 115 cm³/mol. The van der Waals surface area contributed by atoms with Crippen molar-refractivity contribution in [3.8, 4) is 5.75 Å². The minimum absolute atomic E-state index is 0.0751. The number of hydrogen-bond donors (Lipinski definition) is 2. The van der Waals surface area contributed by atoms with E-state index in [1.807, 2.05) is 50.2 Å². The number of aryl methyl sites for hydroxylation is 2. The number of piperazine rings is 1. The molecule has 1 saturated heterocycles. The zero-order valence-electron chi connectivity index (χ0n) is 16.6. The quantitative estimate of drug-likeness (QED) is 0.745. The summed E-state index contributed by atoms with van der Waals surface area (Å²) >= 11 is 6.15. The van der Waals surface area contributed by atoms with Gasteiger partial charge in [-0.3, -0.25) is 0 Å². The Balaban J connectivity index is 1.46. The smallest absolute Gasteiger partial charge is 0.321 e. The van der Waals surface area contributed by atoms with Gasteiger partial charge in [-0.2, -0.15) is 0 Å². The van der Waals surface area contributed by atoms with E-state index in [4.69, 9.17) is 16.3 Å². The van der Waals surface area contributed by atoms with Gasteiger partial charge in [0, 0.05) is 42.6 Å². The number of rotatable bonds is 5. The third kappa shape index (κ3) is 5.30. The van der Waals surface area contributed by atoms with E-state index >= 15 is 0 Å². The van der Waals surface area contributed by atoms with Crippen LogP contribution in [-0.2, 0) is 0 Å². The molecule has 7 heteroatoms. The molecule has 2 amide bonds. The molecule has 1 fully saturated rings. The number of likely N-dealkylation sites (N-methyl/N-ethyl adjacent to an activating group) is 1. The van der Waals surface area contributed by atoms with Crippen LogP contribution < -0.4 is 20.3 Å². The lowest BCUT2D eigenvalue weighted by molar-refractivity contribution is 0.234. The maximum absolute atomic E-state index is 12.1. The Morgan fingerprint density at radius 3 is 2.29 bits per heavy atom. The Morgan fingerprint density at radius 2 is 1.68 bits per heavy atom. The first-order valence-electron chi connectivity index (χ1n) is 9.40. The molecule has 0 bridgehead atoms. The average Bonchev–Trinajstić information content (AvgIpc) is 2.67. The molecule has 0 aromatic heterocycles. The van der Waals surface area contributed by atoms with Crippen molar-refractivity contribution in [2.45, 2.75) is 13.8 Å². The lowest BCUT2D eigenvalue weighted by atomic mass is 10.1. The van der Waals surface area contributed by atoms with Crippen molar-refractivity contribution in [2.75, 3.05) is 50.2 Å². The minimum atomic E-state index is -0.310. The van der Waals surface area contributed by atoms with Gasteiger partial charge >= 0.3 is 6.03 Å². The summed E-state index contributed by atoms with van der Waals surface area (Å²) in [4.78, 5) is 16.8. The number of ether oxygens (including phenoxy) is 1. The van der Waals surface area contributed by atoms with Crippen molar-refractivity contribution < 1.29 is 9.53 Å². The van der Waals surface area contributed by atoms with Gasteiger partial charge in [0.05, 0.1) is 0 Å². The van der Waals surface area contributed by atoms with Crippen LogP contribution in [0.3, 0.4) is 0 Å². The van der Waals surface area contributed by atoms with Crippen LogP contribution in [0, 0.1) is 13.8 Å². The SMILES string of the molecule is Cc1cc(OCNC(=O)Nc2ccc(N3CCN(C)CC3)cc2)cc(C)c1Cl. The number of carbonyl (C=O) groups excluding carboxylic acids is 1. The summed E-state index contributed by atoms with van der Waals surface area (Å²) < 4.78 is 5.60. The molecule has 2 aromatic rings. The number of benzene rings is 2. The fourth-order valence-electron chi connectivity index (χ4n) is 3.17. The van der Waals surface area contributed by atoms with Crippen LogP contribution >= 0.6 is 11.6 Å². The van der Waals surface area contributed by atoms with Crippen molar-refractivity contribution in [3.63, 3.8) is 0 Å². The summed E-state index contributed by atoms with van der Waals surface area (Å²) in [6.07, 6.45) is 0. The molecule has 3 rings (SSSR count). The van der Waals surface area contributed by atoms with Crippen LogP contribution in [-0.4, -0.2) is 50.9 Å². The van der Waals surface area contributed by atoms with Crippen LogP contribution in [0.25, 0.3) is 0 Å². The highest BCUT2D eigenvalue weighted by atomic mass is 35.5. The first-order valence-corrected chi connectivity index (χ1v) is 9.78. The van der Waals surface area contributed by atoms with Gasteiger partial charge in [-0.1, -0.05) is 11.6 Å². The molecule has 0 spiro atoms. The van der Waals surface area contributed by atoms with E-state index in [2.05, 4.69) is 27.5 Å². The van der Waals surface area contributed by atoms with E-state index in [-0.39, 0.29) is 12.8 Å². The van der Waals surface area contributed by atoms with E-state index < -0.39 is 0 Å². The lowest BCUT2D eigenvalue weighted by Crippen LogP contribution is -2.44. The summed E-state index contributed by atoms with van der Waals surface area (Å²) in [6.45, 7) is 8.09. The molecule has 1 aliphatic heterocycles. The minimum Gasteiger partial charge on any atom is -0.473 e. The molecule has 2 aromatic carbocycles. The molecular weight excluding hydrogens is 376 g/mol. The standard InChI is InChI=1S/C21H27ClN4O2/c1-15-12-19(13-16(2)20(15)22)28-14-23-21(27)24-17-4-6-18(7-5-17)26-10-8-25(3)9-11-26/h4-7,12-13H,8-11,14H2,1-3H3,(H2,23,24,27). The zero-order chi connectivity index (χ0) is 20.1. The molecule has 1 heterocycles. The maximum Gasteiger partial charge on any atom is 0.321 e. The molecule has 28 heavy (non-hydrogen) atoms. The molecule has 0 saturated carbocycles.